The fraction of sp³-hybridized carbons (Fsp3) is 0.444. The Morgan fingerprint density at radius 2 is 2.12 bits per heavy atom. The van der Waals surface area contributed by atoms with Crippen LogP contribution in [0.3, 0.4) is 0 Å². The minimum atomic E-state index is -0.261. The van der Waals surface area contributed by atoms with Gasteiger partial charge in [-0.25, -0.2) is 9.78 Å². The van der Waals surface area contributed by atoms with E-state index in [4.69, 9.17) is 32.7 Å². The third-order valence-electron chi connectivity index (χ3n) is 4.35. The molecule has 8 heteroatoms. The van der Waals surface area contributed by atoms with E-state index in [0.717, 1.165) is 24.3 Å². The van der Waals surface area contributed by atoms with Crippen LogP contribution >= 0.6 is 34.5 Å². The minimum absolute atomic E-state index is 0.242. The summed E-state index contributed by atoms with van der Waals surface area (Å²) in [7, 11) is 0. The molecule has 1 saturated heterocycles. The van der Waals surface area contributed by atoms with Crippen LogP contribution in [-0.2, 0) is 11.3 Å². The molecule has 1 aliphatic rings. The summed E-state index contributed by atoms with van der Waals surface area (Å²) in [5.74, 6) is 1.18. The maximum atomic E-state index is 12.1. The van der Waals surface area contributed by atoms with Gasteiger partial charge in [0.25, 0.3) is 0 Å². The van der Waals surface area contributed by atoms with E-state index in [1.165, 1.54) is 11.3 Å². The average Bonchev–Trinajstić information content (AvgIpc) is 3.16. The van der Waals surface area contributed by atoms with Gasteiger partial charge < -0.3 is 14.4 Å². The Labute approximate surface area is 166 Å². The van der Waals surface area contributed by atoms with E-state index in [2.05, 4.69) is 4.98 Å². The van der Waals surface area contributed by atoms with Gasteiger partial charge in [0.2, 0.25) is 0 Å². The maximum absolute atomic E-state index is 12.1. The number of piperidine rings is 1. The van der Waals surface area contributed by atoms with Crippen LogP contribution in [0.2, 0.25) is 10.0 Å². The SMILES string of the molecule is O=C(OCc1nccs1)N1CCC(CCOc2ccc(Cl)cc2Cl)CC1. The minimum Gasteiger partial charge on any atom is -0.492 e. The number of likely N-dealkylation sites (tertiary alicyclic amines) is 1. The molecule has 1 aromatic heterocycles. The molecule has 1 fully saturated rings. The Bertz CT molecular complexity index is 719. The van der Waals surface area contributed by atoms with Crippen molar-refractivity contribution < 1.29 is 14.3 Å². The van der Waals surface area contributed by atoms with Crippen molar-refractivity contribution in [2.45, 2.75) is 25.9 Å². The molecule has 0 saturated carbocycles. The lowest BCUT2D eigenvalue weighted by molar-refractivity contribution is 0.0799. The van der Waals surface area contributed by atoms with Crippen LogP contribution in [-0.4, -0.2) is 35.7 Å². The molecular formula is C18H20Cl2N2O3S. The molecule has 0 unspecified atom stereocenters. The standard InChI is InChI=1S/C18H20Cl2N2O3S/c19-14-1-2-16(15(20)11-14)24-9-5-13-3-7-22(8-4-13)18(23)25-12-17-21-6-10-26-17/h1-2,6,10-11,13H,3-5,7-9,12H2. The van der Waals surface area contributed by atoms with Gasteiger partial charge in [-0.1, -0.05) is 23.2 Å². The van der Waals surface area contributed by atoms with Crippen molar-refractivity contribution >= 4 is 40.6 Å². The summed E-state index contributed by atoms with van der Waals surface area (Å²) in [4.78, 5) is 18.0. The number of thiazole rings is 1. The van der Waals surface area contributed by atoms with Gasteiger partial charge in [0.15, 0.2) is 0 Å². The largest absolute Gasteiger partial charge is 0.492 e. The number of carbonyl (C=O) groups is 1. The first-order valence-electron chi connectivity index (χ1n) is 8.50. The molecule has 0 aliphatic carbocycles. The third-order valence-corrected chi connectivity index (χ3v) is 5.64. The molecule has 0 atom stereocenters. The van der Waals surface area contributed by atoms with E-state index < -0.39 is 0 Å². The molecule has 0 spiro atoms. The lowest BCUT2D eigenvalue weighted by Gasteiger charge is -2.31. The highest BCUT2D eigenvalue weighted by molar-refractivity contribution is 7.09. The summed E-state index contributed by atoms with van der Waals surface area (Å²) in [6.45, 7) is 2.26. The molecule has 1 aliphatic heterocycles. The smallest absolute Gasteiger partial charge is 0.410 e. The first-order chi connectivity index (χ1) is 12.6. The highest BCUT2D eigenvalue weighted by Crippen LogP contribution is 2.28. The Balaban J connectivity index is 1.35. The van der Waals surface area contributed by atoms with Crippen molar-refractivity contribution in [1.82, 2.24) is 9.88 Å². The third kappa shape index (κ3) is 5.50. The molecule has 0 N–H and O–H groups in total. The summed E-state index contributed by atoms with van der Waals surface area (Å²) in [5, 5.41) is 3.80. The maximum Gasteiger partial charge on any atom is 0.410 e. The van der Waals surface area contributed by atoms with E-state index in [1.807, 2.05) is 5.38 Å². The van der Waals surface area contributed by atoms with E-state index in [-0.39, 0.29) is 12.7 Å². The fourth-order valence-corrected chi connectivity index (χ4v) is 3.86. The van der Waals surface area contributed by atoms with E-state index in [1.54, 1.807) is 29.3 Å². The van der Waals surface area contributed by atoms with E-state index in [0.29, 0.717) is 41.4 Å². The summed E-state index contributed by atoms with van der Waals surface area (Å²) in [6.07, 6.45) is 4.27. The summed E-state index contributed by atoms with van der Waals surface area (Å²) >= 11 is 13.5. The summed E-state index contributed by atoms with van der Waals surface area (Å²) in [6, 6.07) is 5.22. The molecule has 0 radical (unpaired) electrons. The van der Waals surface area contributed by atoms with Gasteiger partial charge in [-0.2, -0.15) is 0 Å². The number of amides is 1. The van der Waals surface area contributed by atoms with Crippen molar-refractivity contribution in [3.63, 3.8) is 0 Å². The first-order valence-corrected chi connectivity index (χ1v) is 10.1. The molecule has 2 heterocycles. The van der Waals surface area contributed by atoms with Gasteiger partial charge >= 0.3 is 6.09 Å². The number of aromatic nitrogens is 1. The summed E-state index contributed by atoms with van der Waals surface area (Å²) in [5.41, 5.74) is 0. The number of hydrogen-bond donors (Lipinski definition) is 0. The molecule has 1 aromatic carbocycles. The van der Waals surface area contributed by atoms with Gasteiger partial charge in [0.1, 0.15) is 17.4 Å². The number of ether oxygens (including phenoxy) is 2. The highest BCUT2D eigenvalue weighted by atomic mass is 35.5. The number of hydrogen-bond acceptors (Lipinski definition) is 5. The average molecular weight is 415 g/mol. The topological polar surface area (TPSA) is 51.7 Å². The van der Waals surface area contributed by atoms with Crippen LogP contribution in [0.25, 0.3) is 0 Å². The molecule has 5 nitrogen and oxygen atoms in total. The molecule has 2 aromatic rings. The van der Waals surface area contributed by atoms with Gasteiger partial charge in [-0.15, -0.1) is 11.3 Å². The van der Waals surface area contributed by atoms with Crippen molar-refractivity contribution in [3.8, 4) is 5.75 Å². The van der Waals surface area contributed by atoms with E-state index in [9.17, 15) is 4.79 Å². The number of carbonyl (C=O) groups excluding carboxylic acids is 1. The predicted octanol–water partition coefficient (Wildman–Crippen LogP) is 5.27. The van der Waals surface area contributed by atoms with Gasteiger partial charge in [0.05, 0.1) is 11.6 Å². The van der Waals surface area contributed by atoms with E-state index >= 15 is 0 Å². The number of nitrogens with zero attached hydrogens (tertiary/aromatic N) is 2. The quantitative estimate of drug-likeness (QED) is 0.645. The molecule has 26 heavy (non-hydrogen) atoms. The number of halogens is 2. The number of benzene rings is 1. The first kappa shape index (κ1) is 19.3. The van der Waals surface area contributed by atoms with Gasteiger partial charge in [0, 0.05) is 29.7 Å². The van der Waals surface area contributed by atoms with Gasteiger partial charge in [-0.05, 0) is 43.4 Å². The summed E-state index contributed by atoms with van der Waals surface area (Å²) < 4.78 is 11.1. The van der Waals surface area contributed by atoms with Crippen LogP contribution in [0.5, 0.6) is 5.75 Å². The second-order valence-electron chi connectivity index (χ2n) is 6.12. The molecule has 0 bridgehead atoms. The van der Waals surface area contributed by atoms with Crippen LogP contribution in [0.15, 0.2) is 29.8 Å². The Kier molecular flexibility index (Phi) is 7.00. The van der Waals surface area contributed by atoms with Crippen molar-refractivity contribution in [2.75, 3.05) is 19.7 Å². The molecule has 3 rings (SSSR count). The zero-order valence-corrected chi connectivity index (χ0v) is 16.5. The van der Waals surface area contributed by atoms with Crippen LogP contribution in [0.4, 0.5) is 4.79 Å². The van der Waals surface area contributed by atoms with Crippen LogP contribution in [0.1, 0.15) is 24.3 Å². The molecule has 140 valence electrons. The Hall–Kier alpha value is -1.50. The normalized spacial score (nSPS) is 15.1. The second-order valence-corrected chi connectivity index (χ2v) is 7.95. The fourth-order valence-electron chi connectivity index (χ4n) is 2.87. The Morgan fingerprint density at radius 3 is 2.81 bits per heavy atom. The zero-order chi connectivity index (χ0) is 18.4. The Morgan fingerprint density at radius 1 is 1.31 bits per heavy atom. The predicted molar refractivity (Wildman–Crippen MR) is 103 cm³/mol. The molecule has 1 amide bonds. The monoisotopic (exact) mass is 414 g/mol. The molecular weight excluding hydrogens is 395 g/mol. The van der Waals surface area contributed by atoms with Crippen LogP contribution < -0.4 is 4.74 Å². The lowest BCUT2D eigenvalue weighted by atomic mass is 9.94. The highest BCUT2D eigenvalue weighted by Gasteiger charge is 2.24. The zero-order valence-electron chi connectivity index (χ0n) is 14.2. The van der Waals surface area contributed by atoms with Crippen molar-refractivity contribution in [3.05, 3.63) is 44.8 Å². The van der Waals surface area contributed by atoms with Crippen molar-refractivity contribution in [2.24, 2.45) is 5.92 Å². The van der Waals surface area contributed by atoms with Gasteiger partial charge in [-0.3, -0.25) is 0 Å². The second kappa shape index (κ2) is 9.44. The lowest BCUT2D eigenvalue weighted by Crippen LogP contribution is -2.39. The number of rotatable bonds is 6. The van der Waals surface area contributed by atoms with Crippen LogP contribution in [0, 0.1) is 5.92 Å². The van der Waals surface area contributed by atoms with Crippen molar-refractivity contribution in [1.29, 1.82) is 0 Å².